The Morgan fingerprint density at radius 3 is 1.68 bits per heavy atom. The Balaban J connectivity index is 2.85. The molecular formula is C24H36O4-2. The van der Waals surface area contributed by atoms with Gasteiger partial charge in [0.05, 0.1) is 11.9 Å². The van der Waals surface area contributed by atoms with Crippen molar-refractivity contribution < 1.29 is 19.8 Å². The average molecular weight is 389 g/mol. The fourth-order valence-corrected chi connectivity index (χ4v) is 3.79. The van der Waals surface area contributed by atoms with Crippen molar-refractivity contribution >= 4 is 11.9 Å². The van der Waals surface area contributed by atoms with E-state index in [2.05, 4.69) is 13.8 Å². The van der Waals surface area contributed by atoms with Gasteiger partial charge in [0.25, 0.3) is 0 Å². The minimum atomic E-state index is -1.45. The highest BCUT2D eigenvalue weighted by Gasteiger charge is 2.15. The van der Waals surface area contributed by atoms with E-state index < -0.39 is 11.9 Å². The van der Waals surface area contributed by atoms with Crippen LogP contribution in [0.2, 0.25) is 0 Å². The molecule has 0 saturated carbocycles. The molecule has 0 radical (unpaired) electrons. The molecule has 0 amide bonds. The first-order chi connectivity index (χ1) is 13.5. The third-order valence-electron chi connectivity index (χ3n) is 5.41. The van der Waals surface area contributed by atoms with E-state index in [1.807, 2.05) is 0 Å². The lowest BCUT2D eigenvalue weighted by molar-refractivity contribution is -0.259. The zero-order valence-corrected chi connectivity index (χ0v) is 17.7. The van der Waals surface area contributed by atoms with Crippen molar-refractivity contribution in [2.75, 3.05) is 0 Å². The van der Waals surface area contributed by atoms with Crippen LogP contribution in [-0.4, -0.2) is 11.9 Å². The van der Waals surface area contributed by atoms with Gasteiger partial charge in [0.15, 0.2) is 0 Å². The van der Waals surface area contributed by atoms with Gasteiger partial charge in [-0.2, -0.15) is 0 Å². The van der Waals surface area contributed by atoms with Crippen molar-refractivity contribution in [1.82, 2.24) is 0 Å². The van der Waals surface area contributed by atoms with Crippen LogP contribution >= 0.6 is 0 Å². The molecule has 1 aromatic carbocycles. The largest absolute Gasteiger partial charge is 0.545 e. The molecule has 1 rings (SSSR count). The lowest BCUT2D eigenvalue weighted by Crippen LogP contribution is -2.31. The Morgan fingerprint density at radius 1 is 0.679 bits per heavy atom. The van der Waals surface area contributed by atoms with E-state index in [1.54, 1.807) is 6.07 Å². The number of hydrogen-bond acceptors (Lipinski definition) is 4. The second-order valence-corrected chi connectivity index (χ2v) is 7.74. The van der Waals surface area contributed by atoms with Crippen LogP contribution in [0, 0.1) is 0 Å². The molecule has 0 aromatic heterocycles. The molecule has 1 aromatic rings. The molecule has 0 bridgehead atoms. The van der Waals surface area contributed by atoms with Crippen molar-refractivity contribution in [3.05, 3.63) is 34.4 Å². The van der Waals surface area contributed by atoms with Crippen LogP contribution in [0.4, 0.5) is 0 Å². The molecule has 0 heterocycles. The minimum absolute atomic E-state index is 0.169. The van der Waals surface area contributed by atoms with Crippen molar-refractivity contribution in [1.29, 1.82) is 0 Å². The summed E-state index contributed by atoms with van der Waals surface area (Å²) in [5.74, 6) is -2.86. The highest BCUT2D eigenvalue weighted by atomic mass is 16.4. The van der Waals surface area contributed by atoms with Crippen LogP contribution in [0.5, 0.6) is 0 Å². The number of hydrogen-bond donors (Lipinski definition) is 0. The molecule has 158 valence electrons. The van der Waals surface area contributed by atoms with Crippen molar-refractivity contribution in [2.24, 2.45) is 0 Å². The van der Waals surface area contributed by atoms with Crippen LogP contribution in [0.25, 0.3) is 0 Å². The predicted octanol–water partition coefficient (Wildman–Crippen LogP) is 4.22. The van der Waals surface area contributed by atoms with Gasteiger partial charge in [-0.05, 0) is 36.8 Å². The minimum Gasteiger partial charge on any atom is -0.545 e. The van der Waals surface area contributed by atoms with E-state index in [4.69, 9.17) is 0 Å². The summed E-state index contributed by atoms with van der Waals surface area (Å²) in [4.78, 5) is 23.1. The monoisotopic (exact) mass is 388 g/mol. The molecule has 0 spiro atoms. The molecule has 0 N–H and O–H groups in total. The van der Waals surface area contributed by atoms with Crippen LogP contribution in [0.15, 0.2) is 12.1 Å². The van der Waals surface area contributed by atoms with Crippen molar-refractivity contribution in [3.63, 3.8) is 0 Å². The lowest BCUT2D eigenvalue weighted by atomic mass is 9.89. The van der Waals surface area contributed by atoms with Gasteiger partial charge in [0.1, 0.15) is 0 Å². The number of carboxylic acids is 2. The summed E-state index contributed by atoms with van der Waals surface area (Å²) < 4.78 is 0. The number of carbonyl (C=O) groups is 2. The van der Waals surface area contributed by atoms with E-state index in [1.165, 1.54) is 51.0 Å². The molecule has 0 aliphatic heterocycles. The first-order valence-corrected chi connectivity index (χ1v) is 11.1. The molecule has 0 atom stereocenters. The van der Waals surface area contributed by atoms with E-state index >= 15 is 0 Å². The van der Waals surface area contributed by atoms with Gasteiger partial charge < -0.3 is 19.8 Å². The van der Waals surface area contributed by atoms with Gasteiger partial charge >= 0.3 is 0 Å². The van der Waals surface area contributed by atoms with Crippen molar-refractivity contribution in [3.8, 4) is 0 Å². The molecule has 4 nitrogen and oxygen atoms in total. The maximum atomic E-state index is 11.7. The average Bonchev–Trinajstić information content (AvgIpc) is 2.67. The summed E-state index contributed by atoms with van der Waals surface area (Å²) in [6.07, 6.45) is 15.0. The quantitative estimate of drug-likeness (QED) is 0.397. The summed E-state index contributed by atoms with van der Waals surface area (Å²) in [6.45, 7) is 4.36. The summed E-state index contributed by atoms with van der Waals surface area (Å²) in [6, 6.07) is 3.15. The fourth-order valence-electron chi connectivity index (χ4n) is 3.79. The van der Waals surface area contributed by atoms with Crippen LogP contribution in [0.3, 0.4) is 0 Å². The number of carbonyl (C=O) groups excluding carboxylic acids is 2. The van der Waals surface area contributed by atoms with E-state index in [0.717, 1.165) is 44.1 Å². The number of aryl methyl sites for hydroxylation is 1. The van der Waals surface area contributed by atoms with Crippen LogP contribution in [-0.2, 0) is 12.8 Å². The first kappa shape index (κ1) is 24.2. The Bertz CT molecular complexity index is 607. The van der Waals surface area contributed by atoms with E-state index in [-0.39, 0.29) is 11.1 Å². The molecule has 0 saturated heterocycles. The van der Waals surface area contributed by atoms with E-state index in [9.17, 15) is 19.8 Å². The topological polar surface area (TPSA) is 80.3 Å². The third-order valence-corrected chi connectivity index (χ3v) is 5.41. The van der Waals surface area contributed by atoms with Gasteiger partial charge in [0, 0.05) is 11.1 Å². The molecule has 4 heteroatoms. The second kappa shape index (κ2) is 14.2. The van der Waals surface area contributed by atoms with Gasteiger partial charge in [-0.1, -0.05) is 90.2 Å². The van der Waals surface area contributed by atoms with Crippen LogP contribution < -0.4 is 10.2 Å². The molecular weight excluding hydrogens is 352 g/mol. The standard InChI is InChI=1S/C24H38O4/c1-3-5-7-9-11-13-15-19-17-18-21(23(25)26)22(24(27)28)20(19)16-14-12-10-8-6-4-2/h17-18H,3-16H2,1-2H3,(H,25,26)(H,27,28)/p-2. The molecule has 0 aliphatic rings. The van der Waals surface area contributed by atoms with Crippen molar-refractivity contribution in [2.45, 2.75) is 104 Å². The smallest absolute Gasteiger partial charge is 0.0724 e. The third kappa shape index (κ3) is 8.45. The summed E-state index contributed by atoms with van der Waals surface area (Å²) in [5.41, 5.74) is 1.17. The summed E-state index contributed by atoms with van der Waals surface area (Å²) in [7, 11) is 0. The maximum absolute atomic E-state index is 11.7. The number of carboxylic acid groups (broad SMARTS) is 2. The van der Waals surface area contributed by atoms with E-state index in [0.29, 0.717) is 12.0 Å². The summed E-state index contributed by atoms with van der Waals surface area (Å²) >= 11 is 0. The maximum Gasteiger partial charge on any atom is 0.0724 e. The Morgan fingerprint density at radius 2 is 1.18 bits per heavy atom. The van der Waals surface area contributed by atoms with Crippen LogP contribution in [0.1, 0.15) is 123 Å². The zero-order valence-electron chi connectivity index (χ0n) is 17.7. The Labute approximate surface area is 170 Å². The number of aromatic carboxylic acids is 2. The SMILES string of the molecule is CCCCCCCCc1ccc(C(=O)[O-])c(C(=O)[O-])c1CCCCCCCC. The molecule has 0 aliphatic carbocycles. The predicted molar refractivity (Wildman–Crippen MR) is 109 cm³/mol. The molecule has 0 unspecified atom stereocenters. The second-order valence-electron chi connectivity index (χ2n) is 7.74. The molecule has 28 heavy (non-hydrogen) atoms. The highest BCUT2D eigenvalue weighted by molar-refractivity contribution is 6.01. The number of rotatable bonds is 16. The number of benzene rings is 1. The Kier molecular flexibility index (Phi) is 12.3. The lowest BCUT2D eigenvalue weighted by Gasteiger charge is -2.20. The molecule has 0 fully saturated rings. The Hall–Kier alpha value is -1.84. The van der Waals surface area contributed by atoms with Gasteiger partial charge in [-0.15, -0.1) is 0 Å². The number of unbranched alkanes of at least 4 members (excludes halogenated alkanes) is 10. The highest BCUT2D eigenvalue weighted by Crippen LogP contribution is 2.24. The fraction of sp³-hybridized carbons (Fsp3) is 0.667. The zero-order chi connectivity index (χ0) is 20.8. The van der Waals surface area contributed by atoms with Gasteiger partial charge in [-0.25, -0.2) is 0 Å². The summed E-state index contributed by atoms with van der Waals surface area (Å²) in [5, 5.41) is 23.1. The van der Waals surface area contributed by atoms with Gasteiger partial charge in [0.2, 0.25) is 0 Å². The van der Waals surface area contributed by atoms with Gasteiger partial charge in [-0.3, -0.25) is 0 Å². The normalized spacial score (nSPS) is 10.9. The first-order valence-electron chi connectivity index (χ1n) is 11.1.